The molecule has 2 unspecified atom stereocenters. The predicted octanol–water partition coefficient (Wildman–Crippen LogP) is 6.30. The van der Waals surface area contributed by atoms with E-state index in [1.54, 1.807) is 6.92 Å². The van der Waals surface area contributed by atoms with Crippen molar-refractivity contribution in [2.24, 2.45) is 0 Å². The first-order valence-corrected chi connectivity index (χ1v) is 14.8. The standard InChI is InChI=1S/C28H36NO7P.C2H6/c1-6-22-19(3)24-16-35-28(32)25(24)26(30)23(22)14-13-18(2)15-34-17-37(29-20(4)27(31)33-5)36-21-11-9-7-8-10-12-21;1-2/h7-11,13,20,29-30H,6,12,14-17H2,1-5H3;1-2H3/b18-13+;. The van der Waals surface area contributed by atoms with E-state index >= 15 is 0 Å². The molecule has 0 fully saturated rings. The van der Waals surface area contributed by atoms with E-state index in [-0.39, 0.29) is 30.2 Å². The van der Waals surface area contributed by atoms with E-state index in [4.69, 9.17) is 18.7 Å². The lowest BCUT2D eigenvalue weighted by molar-refractivity contribution is -0.142. The molecule has 2 aliphatic rings. The van der Waals surface area contributed by atoms with Crippen LogP contribution in [0.3, 0.4) is 0 Å². The average molecular weight is 560 g/mol. The number of hydrogen-bond donors (Lipinski definition) is 2. The molecule has 39 heavy (non-hydrogen) atoms. The van der Waals surface area contributed by atoms with Gasteiger partial charge in [-0.25, -0.2) is 9.88 Å². The zero-order valence-electron chi connectivity index (χ0n) is 24.1. The molecule has 0 bridgehead atoms. The fraction of sp³-hybridized carbons (Fsp3) is 0.467. The number of nitrogens with one attached hydrogen (secondary N) is 1. The summed E-state index contributed by atoms with van der Waals surface area (Å²) in [6.45, 7) is 12.2. The largest absolute Gasteiger partial charge is 0.507 e. The smallest absolute Gasteiger partial charge is 0.342 e. The third-order valence-corrected chi connectivity index (χ3v) is 7.82. The normalized spacial score (nSPS) is 15.8. The van der Waals surface area contributed by atoms with Crippen LogP contribution in [0.2, 0.25) is 0 Å². The van der Waals surface area contributed by atoms with E-state index in [1.165, 1.54) is 7.11 Å². The van der Waals surface area contributed by atoms with Crippen LogP contribution in [0.25, 0.3) is 0 Å². The second-order valence-electron chi connectivity index (χ2n) is 8.94. The number of carbonyl (C=O) groups excluding carboxylic acids is 2. The van der Waals surface area contributed by atoms with E-state index in [0.717, 1.165) is 40.0 Å². The summed E-state index contributed by atoms with van der Waals surface area (Å²) in [6.07, 6.45) is 13.8. The van der Waals surface area contributed by atoms with E-state index in [1.807, 2.05) is 71.1 Å². The van der Waals surface area contributed by atoms with Crippen LogP contribution < -0.4 is 5.09 Å². The predicted molar refractivity (Wildman–Crippen MR) is 155 cm³/mol. The first kappa shape index (κ1) is 32.3. The van der Waals surface area contributed by atoms with Gasteiger partial charge < -0.3 is 23.8 Å². The van der Waals surface area contributed by atoms with Gasteiger partial charge in [-0.15, -0.1) is 0 Å². The molecule has 1 aliphatic heterocycles. The second-order valence-corrected chi connectivity index (χ2v) is 10.4. The number of ether oxygens (including phenoxy) is 3. The van der Waals surface area contributed by atoms with Crippen LogP contribution in [0.4, 0.5) is 0 Å². The van der Waals surface area contributed by atoms with E-state index in [0.29, 0.717) is 19.4 Å². The summed E-state index contributed by atoms with van der Waals surface area (Å²) in [4.78, 5) is 24.1. The second kappa shape index (κ2) is 16.2. The Kier molecular flexibility index (Phi) is 13.4. The Hall–Kier alpha value is -2.93. The minimum Gasteiger partial charge on any atom is -0.507 e. The Morgan fingerprint density at radius 1 is 1.26 bits per heavy atom. The number of aromatic hydroxyl groups is 1. The van der Waals surface area contributed by atoms with Crippen molar-refractivity contribution in [1.29, 1.82) is 0 Å². The van der Waals surface area contributed by atoms with Crippen molar-refractivity contribution in [2.45, 2.75) is 73.5 Å². The minimum absolute atomic E-state index is 0.0163. The van der Waals surface area contributed by atoms with Gasteiger partial charge in [0, 0.05) is 17.5 Å². The molecule has 3 rings (SSSR count). The fourth-order valence-electron chi connectivity index (χ4n) is 4.27. The van der Waals surface area contributed by atoms with Crippen LogP contribution in [-0.2, 0) is 43.0 Å². The zero-order chi connectivity index (χ0) is 28.9. The number of carbonyl (C=O) groups is 2. The first-order valence-electron chi connectivity index (χ1n) is 13.3. The lowest BCUT2D eigenvalue weighted by atomic mass is 9.89. The summed E-state index contributed by atoms with van der Waals surface area (Å²) >= 11 is 0. The number of esters is 2. The van der Waals surface area contributed by atoms with Crippen molar-refractivity contribution in [2.75, 3.05) is 20.1 Å². The van der Waals surface area contributed by atoms with Crippen LogP contribution in [0.5, 0.6) is 5.75 Å². The number of benzene rings is 1. The number of rotatable bonds is 12. The summed E-state index contributed by atoms with van der Waals surface area (Å²) in [5.41, 5.74) is 4.83. The Bertz CT molecular complexity index is 1140. The minimum atomic E-state index is -1.31. The highest BCUT2D eigenvalue weighted by Gasteiger charge is 2.30. The summed E-state index contributed by atoms with van der Waals surface area (Å²) in [6, 6.07) is -0.543. The highest BCUT2D eigenvalue weighted by molar-refractivity contribution is 7.50. The molecule has 0 saturated carbocycles. The van der Waals surface area contributed by atoms with Crippen molar-refractivity contribution in [3.05, 3.63) is 75.6 Å². The van der Waals surface area contributed by atoms with Crippen LogP contribution in [-0.4, -0.2) is 43.2 Å². The Morgan fingerprint density at radius 2 is 2.00 bits per heavy atom. The molecule has 2 N–H and O–H groups in total. The van der Waals surface area contributed by atoms with Gasteiger partial charge >= 0.3 is 11.9 Å². The molecule has 1 aromatic carbocycles. The molecule has 214 valence electrons. The summed E-state index contributed by atoms with van der Waals surface area (Å²) in [7, 11) is 0.0420. The van der Waals surface area contributed by atoms with Gasteiger partial charge in [0.15, 0.2) is 8.30 Å². The van der Waals surface area contributed by atoms with Gasteiger partial charge in [-0.05, 0) is 50.8 Å². The lowest BCUT2D eigenvalue weighted by Crippen LogP contribution is -2.32. The Balaban J connectivity index is 0.00000260. The maximum atomic E-state index is 12.2. The molecule has 0 saturated heterocycles. The average Bonchev–Trinajstić information content (AvgIpc) is 3.14. The Labute approximate surface area is 233 Å². The fourth-order valence-corrected chi connectivity index (χ4v) is 5.66. The third kappa shape index (κ3) is 8.79. The van der Waals surface area contributed by atoms with E-state index < -0.39 is 20.3 Å². The van der Waals surface area contributed by atoms with Crippen molar-refractivity contribution in [3.63, 3.8) is 0 Å². The SMILES string of the molecule is CC.CCc1c(C)c2c(c(O)c1C/C=C(\C)COCP(NC(C)C(=O)OC)OC1=CC=CC=CC1)C(=O)OC2. The quantitative estimate of drug-likeness (QED) is 0.175. The number of methoxy groups -OCH3 is 1. The maximum Gasteiger partial charge on any atom is 0.342 e. The van der Waals surface area contributed by atoms with Gasteiger partial charge in [-0.2, -0.15) is 0 Å². The van der Waals surface area contributed by atoms with Crippen molar-refractivity contribution in [3.8, 4) is 5.75 Å². The van der Waals surface area contributed by atoms with Gasteiger partial charge in [-0.1, -0.05) is 56.7 Å². The number of cyclic esters (lactones) is 1. The highest BCUT2D eigenvalue weighted by atomic mass is 31.2. The molecule has 8 nitrogen and oxygen atoms in total. The topological polar surface area (TPSA) is 103 Å². The molecule has 1 heterocycles. The number of hydrogen-bond acceptors (Lipinski definition) is 8. The van der Waals surface area contributed by atoms with Gasteiger partial charge in [0.25, 0.3) is 0 Å². The molecule has 0 spiro atoms. The van der Waals surface area contributed by atoms with Gasteiger partial charge in [0.2, 0.25) is 0 Å². The molecular formula is C30H42NO7P. The molecule has 0 amide bonds. The van der Waals surface area contributed by atoms with E-state index in [9.17, 15) is 14.7 Å². The number of fused-ring (bicyclic) bond motifs is 1. The lowest BCUT2D eigenvalue weighted by Gasteiger charge is -2.23. The van der Waals surface area contributed by atoms with Crippen LogP contribution in [0.1, 0.15) is 73.7 Å². The summed E-state index contributed by atoms with van der Waals surface area (Å²) in [5, 5.41) is 14.0. The number of phenols is 1. The Morgan fingerprint density at radius 3 is 2.69 bits per heavy atom. The maximum absolute atomic E-state index is 12.2. The van der Waals surface area contributed by atoms with Crippen LogP contribution >= 0.6 is 8.30 Å². The van der Waals surface area contributed by atoms with Crippen LogP contribution in [0.15, 0.2) is 47.8 Å². The number of allylic oxidation sites excluding steroid dienone is 6. The van der Waals surface area contributed by atoms with Crippen LogP contribution in [0, 0.1) is 6.92 Å². The van der Waals surface area contributed by atoms with E-state index in [2.05, 4.69) is 5.09 Å². The van der Waals surface area contributed by atoms with Gasteiger partial charge in [0.05, 0.1) is 13.7 Å². The number of phenolic OH excluding ortho intramolecular Hbond substituents is 1. The first-order chi connectivity index (χ1) is 18.8. The molecule has 9 heteroatoms. The molecule has 1 aromatic rings. The van der Waals surface area contributed by atoms with Crippen molar-refractivity contribution in [1.82, 2.24) is 5.09 Å². The van der Waals surface area contributed by atoms with Gasteiger partial charge in [-0.3, -0.25) is 4.79 Å². The summed E-state index contributed by atoms with van der Waals surface area (Å²) < 4.78 is 22.1. The zero-order valence-corrected chi connectivity index (χ0v) is 25.0. The third-order valence-electron chi connectivity index (χ3n) is 6.27. The summed E-state index contributed by atoms with van der Waals surface area (Å²) in [5.74, 6) is -0.0468. The molecule has 0 radical (unpaired) electrons. The molecule has 2 atom stereocenters. The molecule has 0 aromatic heterocycles. The monoisotopic (exact) mass is 559 g/mol. The highest BCUT2D eigenvalue weighted by Crippen LogP contribution is 2.39. The van der Waals surface area contributed by atoms with Crippen molar-refractivity contribution < 1.29 is 33.4 Å². The van der Waals surface area contributed by atoms with Crippen molar-refractivity contribution >= 4 is 20.2 Å². The molecule has 1 aliphatic carbocycles. The van der Waals surface area contributed by atoms with Gasteiger partial charge in [0.1, 0.15) is 36.1 Å². The molecular weight excluding hydrogens is 517 g/mol.